The van der Waals surface area contributed by atoms with E-state index in [9.17, 15) is 4.79 Å². The highest BCUT2D eigenvalue weighted by Gasteiger charge is 2.34. The van der Waals surface area contributed by atoms with E-state index in [0.717, 1.165) is 49.4 Å². The lowest BCUT2D eigenvalue weighted by molar-refractivity contribution is -0.157. The van der Waals surface area contributed by atoms with Crippen molar-refractivity contribution < 1.29 is 9.53 Å². The number of ether oxygens (including phenoxy) is 1. The number of carbonyl (C=O) groups excluding carboxylic acids is 1. The summed E-state index contributed by atoms with van der Waals surface area (Å²) in [6.07, 6.45) is 16.7. The van der Waals surface area contributed by atoms with Crippen molar-refractivity contribution in [1.29, 1.82) is 0 Å². The van der Waals surface area contributed by atoms with Crippen LogP contribution in [0, 0.1) is 29.6 Å². The van der Waals surface area contributed by atoms with Crippen molar-refractivity contribution in [2.75, 3.05) is 0 Å². The molecule has 3 aliphatic rings. The zero-order valence-corrected chi connectivity index (χ0v) is 16.0. The molecular weight excluding hydrogens is 296 g/mol. The molecule has 0 spiro atoms. The van der Waals surface area contributed by atoms with Gasteiger partial charge in [-0.1, -0.05) is 33.1 Å². The van der Waals surface area contributed by atoms with Crippen LogP contribution in [-0.4, -0.2) is 12.1 Å². The van der Waals surface area contributed by atoms with Gasteiger partial charge >= 0.3 is 5.97 Å². The maximum atomic E-state index is 12.5. The van der Waals surface area contributed by atoms with Gasteiger partial charge in [0.2, 0.25) is 0 Å². The first-order valence-electron chi connectivity index (χ1n) is 10.9. The van der Waals surface area contributed by atoms with Gasteiger partial charge in [-0.15, -0.1) is 0 Å². The molecule has 138 valence electrons. The average molecular weight is 335 g/mol. The molecule has 0 bridgehead atoms. The van der Waals surface area contributed by atoms with E-state index in [2.05, 4.69) is 13.8 Å². The van der Waals surface area contributed by atoms with Crippen LogP contribution in [0.5, 0.6) is 0 Å². The number of esters is 1. The minimum atomic E-state index is 0.127. The van der Waals surface area contributed by atoms with E-state index in [1.807, 2.05) is 0 Å². The average Bonchev–Trinajstić information content (AvgIpc) is 2.64. The van der Waals surface area contributed by atoms with Crippen LogP contribution >= 0.6 is 0 Å². The minimum absolute atomic E-state index is 0.127. The summed E-state index contributed by atoms with van der Waals surface area (Å²) < 4.78 is 5.85. The standard InChI is InChI=1S/C22H38O2/c1-3-17-6-8-18(9-7-17)19-10-12-20(13-11-19)22(23)24-21-14-4-16(2)5-15-21/h16-21H,3-15H2,1-2H3. The van der Waals surface area contributed by atoms with Gasteiger partial charge in [-0.3, -0.25) is 4.79 Å². The quantitative estimate of drug-likeness (QED) is 0.578. The van der Waals surface area contributed by atoms with Gasteiger partial charge in [0, 0.05) is 0 Å². The van der Waals surface area contributed by atoms with E-state index in [4.69, 9.17) is 4.74 Å². The first kappa shape index (κ1) is 18.3. The van der Waals surface area contributed by atoms with E-state index < -0.39 is 0 Å². The first-order chi connectivity index (χ1) is 11.7. The van der Waals surface area contributed by atoms with Crippen molar-refractivity contribution in [3.05, 3.63) is 0 Å². The molecule has 0 radical (unpaired) electrons. The Kier molecular flexibility index (Phi) is 6.63. The van der Waals surface area contributed by atoms with E-state index in [0.29, 0.717) is 0 Å². The molecule has 3 rings (SSSR count). The van der Waals surface area contributed by atoms with Crippen LogP contribution in [0.15, 0.2) is 0 Å². The number of hydrogen-bond acceptors (Lipinski definition) is 2. The summed E-state index contributed by atoms with van der Waals surface area (Å²) in [5.41, 5.74) is 0. The van der Waals surface area contributed by atoms with Crippen molar-refractivity contribution in [2.45, 2.75) is 103 Å². The Balaban J connectivity index is 1.38. The summed E-state index contributed by atoms with van der Waals surface area (Å²) in [4.78, 5) is 12.5. The second-order valence-electron chi connectivity index (χ2n) is 9.12. The lowest BCUT2D eigenvalue weighted by Crippen LogP contribution is -2.31. The Morgan fingerprint density at radius 1 is 0.792 bits per heavy atom. The molecular formula is C22H38O2. The predicted octanol–water partition coefficient (Wildman–Crippen LogP) is 6.13. The molecule has 3 saturated carbocycles. The number of carbonyl (C=O) groups is 1. The normalized spacial score (nSPS) is 40.9. The van der Waals surface area contributed by atoms with E-state index >= 15 is 0 Å². The summed E-state index contributed by atoms with van der Waals surface area (Å²) in [5.74, 6) is 3.98. The van der Waals surface area contributed by atoms with Gasteiger partial charge in [-0.05, 0) is 87.9 Å². The largest absolute Gasteiger partial charge is 0.462 e. The molecule has 0 aromatic heterocycles. The summed E-state index contributed by atoms with van der Waals surface area (Å²) >= 11 is 0. The molecule has 0 saturated heterocycles. The zero-order valence-electron chi connectivity index (χ0n) is 16.0. The topological polar surface area (TPSA) is 26.3 Å². The third-order valence-corrected chi connectivity index (χ3v) is 7.49. The fraction of sp³-hybridized carbons (Fsp3) is 0.955. The van der Waals surface area contributed by atoms with Crippen LogP contribution in [0.2, 0.25) is 0 Å². The van der Waals surface area contributed by atoms with Gasteiger partial charge in [-0.25, -0.2) is 0 Å². The highest BCUT2D eigenvalue weighted by molar-refractivity contribution is 5.72. The summed E-state index contributed by atoms with van der Waals surface area (Å²) in [7, 11) is 0. The van der Waals surface area contributed by atoms with Crippen molar-refractivity contribution >= 4 is 5.97 Å². The molecule has 0 atom stereocenters. The Morgan fingerprint density at radius 2 is 1.33 bits per heavy atom. The molecule has 0 aromatic carbocycles. The van der Waals surface area contributed by atoms with Crippen molar-refractivity contribution in [1.82, 2.24) is 0 Å². The van der Waals surface area contributed by atoms with Crippen LogP contribution in [0.25, 0.3) is 0 Å². The molecule has 0 aromatic rings. The first-order valence-corrected chi connectivity index (χ1v) is 10.9. The molecule has 24 heavy (non-hydrogen) atoms. The van der Waals surface area contributed by atoms with E-state index in [-0.39, 0.29) is 18.0 Å². The zero-order chi connectivity index (χ0) is 16.9. The molecule has 0 amide bonds. The van der Waals surface area contributed by atoms with Gasteiger partial charge in [0.15, 0.2) is 0 Å². The van der Waals surface area contributed by atoms with Gasteiger partial charge in [0.1, 0.15) is 6.10 Å². The van der Waals surface area contributed by atoms with Crippen LogP contribution in [0.3, 0.4) is 0 Å². The molecule has 2 heteroatoms. The third kappa shape index (κ3) is 4.76. The van der Waals surface area contributed by atoms with Gasteiger partial charge < -0.3 is 4.74 Å². The molecule has 0 unspecified atom stereocenters. The van der Waals surface area contributed by atoms with Gasteiger partial charge in [0.05, 0.1) is 5.92 Å². The van der Waals surface area contributed by atoms with Crippen LogP contribution in [0.1, 0.15) is 97.3 Å². The maximum absolute atomic E-state index is 12.5. The Hall–Kier alpha value is -0.530. The molecule has 0 aliphatic heterocycles. The van der Waals surface area contributed by atoms with Gasteiger partial charge in [0.25, 0.3) is 0 Å². The molecule has 3 aliphatic carbocycles. The third-order valence-electron chi connectivity index (χ3n) is 7.49. The summed E-state index contributed by atoms with van der Waals surface area (Å²) in [5, 5.41) is 0. The highest BCUT2D eigenvalue weighted by atomic mass is 16.5. The fourth-order valence-electron chi connectivity index (χ4n) is 5.50. The smallest absolute Gasteiger partial charge is 0.309 e. The molecule has 3 fully saturated rings. The Morgan fingerprint density at radius 3 is 1.88 bits per heavy atom. The minimum Gasteiger partial charge on any atom is -0.462 e. The maximum Gasteiger partial charge on any atom is 0.309 e. The molecule has 0 heterocycles. The summed E-state index contributed by atoms with van der Waals surface area (Å²) in [6.45, 7) is 4.65. The Labute approximate surface area is 149 Å². The van der Waals surface area contributed by atoms with E-state index in [1.54, 1.807) is 0 Å². The fourth-order valence-corrected chi connectivity index (χ4v) is 5.50. The lowest BCUT2D eigenvalue weighted by atomic mass is 9.69. The van der Waals surface area contributed by atoms with Crippen molar-refractivity contribution in [2.24, 2.45) is 29.6 Å². The Bertz CT molecular complexity index is 381. The van der Waals surface area contributed by atoms with Crippen LogP contribution in [-0.2, 0) is 9.53 Å². The van der Waals surface area contributed by atoms with Crippen molar-refractivity contribution in [3.8, 4) is 0 Å². The molecule has 2 nitrogen and oxygen atoms in total. The lowest BCUT2D eigenvalue weighted by Gasteiger charge is -2.37. The molecule has 0 N–H and O–H groups in total. The number of hydrogen-bond donors (Lipinski definition) is 0. The van der Waals surface area contributed by atoms with E-state index in [1.165, 1.54) is 57.8 Å². The number of rotatable bonds is 4. The SMILES string of the molecule is CCC1CCC(C2CCC(C(=O)OC3CCC(C)CC3)CC2)CC1. The van der Waals surface area contributed by atoms with Crippen molar-refractivity contribution in [3.63, 3.8) is 0 Å². The monoisotopic (exact) mass is 334 g/mol. The predicted molar refractivity (Wildman–Crippen MR) is 98.7 cm³/mol. The van der Waals surface area contributed by atoms with Crippen LogP contribution < -0.4 is 0 Å². The second kappa shape index (κ2) is 8.72. The second-order valence-corrected chi connectivity index (χ2v) is 9.12. The van der Waals surface area contributed by atoms with Gasteiger partial charge in [-0.2, -0.15) is 0 Å². The van der Waals surface area contributed by atoms with Crippen LogP contribution in [0.4, 0.5) is 0 Å². The highest BCUT2D eigenvalue weighted by Crippen LogP contribution is 2.42. The summed E-state index contributed by atoms with van der Waals surface area (Å²) in [6, 6.07) is 0.